The molecule has 4 aromatic rings. The molecule has 6 rings (SSSR count). The molecular weight excluding hydrogens is 561 g/mol. The molecule has 0 saturated carbocycles. The summed E-state index contributed by atoms with van der Waals surface area (Å²) in [4.78, 5) is 3.68. The number of phenols is 1. The fourth-order valence-corrected chi connectivity index (χ4v) is 6.41. The summed E-state index contributed by atoms with van der Waals surface area (Å²) in [5.41, 5.74) is 2.84. The Balaban J connectivity index is 1.41. The second-order valence-corrected chi connectivity index (χ2v) is 11.4. The highest BCUT2D eigenvalue weighted by Gasteiger charge is 2.38. The van der Waals surface area contributed by atoms with Crippen LogP contribution in [0.15, 0.2) is 72.8 Å². The van der Waals surface area contributed by atoms with Crippen molar-refractivity contribution < 1.29 is 27.1 Å². The average molecular weight is 594 g/mol. The van der Waals surface area contributed by atoms with Gasteiger partial charge in [-0.1, -0.05) is 36.4 Å². The predicted octanol–water partition coefficient (Wildman–Crippen LogP) is 7.61. The highest BCUT2D eigenvalue weighted by molar-refractivity contribution is 5.72. The maximum atomic E-state index is 16.0. The predicted molar refractivity (Wildman–Crippen MR) is 158 cm³/mol. The first-order chi connectivity index (χ1) is 20.7. The Morgan fingerprint density at radius 3 is 2.33 bits per heavy atom. The van der Waals surface area contributed by atoms with Gasteiger partial charge < -0.3 is 15.3 Å². The van der Waals surface area contributed by atoms with Gasteiger partial charge in [0, 0.05) is 43.0 Å². The maximum absolute atomic E-state index is 16.0. The van der Waals surface area contributed by atoms with Crippen LogP contribution in [0.4, 0.5) is 33.3 Å². The summed E-state index contributed by atoms with van der Waals surface area (Å²) in [5, 5.41) is 13.6. The molecule has 0 amide bonds. The van der Waals surface area contributed by atoms with Crippen LogP contribution in [0.25, 0.3) is 11.1 Å². The number of benzene rings is 4. The highest BCUT2D eigenvalue weighted by Crippen LogP contribution is 2.45. The van der Waals surface area contributed by atoms with Crippen molar-refractivity contribution in [3.05, 3.63) is 113 Å². The Morgan fingerprint density at radius 2 is 1.63 bits per heavy atom. The van der Waals surface area contributed by atoms with Crippen LogP contribution in [0.3, 0.4) is 0 Å². The Kier molecular flexibility index (Phi) is 8.01. The fourth-order valence-electron chi connectivity index (χ4n) is 6.41. The lowest BCUT2D eigenvalue weighted by Gasteiger charge is -2.44. The van der Waals surface area contributed by atoms with Crippen LogP contribution in [-0.4, -0.2) is 48.4 Å². The summed E-state index contributed by atoms with van der Waals surface area (Å²) in [6.45, 7) is 3.38. The number of nitrogens with one attached hydrogen (secondary N) is 1. The van der Waals surface area contributed by atoms with Gasteiger partial charge >= 0.3 is 0 Å². The second-order valence-electron chi connectivity index (χ2n) is 11.4. The molecule has 224 valence electrons. The molecule has 2 aliphatic rings. The van der Waals surface area contributed by atoms with E-state index in [9.17, 15) is 13.9 Å². The van der Waals surface area contributed by atoms with Crippen LogP contribution in [0.1, 0.15) is 36.1 Å². The van der Waals surface area contributed by atoms with Crippen molar-refractivity contribution >= 4 is 11.4 Å². The number of rotatable bonds is 8. The van der Waals surface area contributed by atoms with Gasteiger partial charge in [0.2, 0.25) is 0 Å². The van der Waals surface area contributed by atoms with E-state index in [0.717, 1.165) is 23.3 Å². The molecular formula is C34H32F5N3O. The zero-order valence-corrected chi connectivity index (χ0v) is 23.6. The first kappa shape index (κ1) is 29.0. The van der Waals surface area contributed by atoms with Crippen molar-refractivity contribution in [2.75, 3.05) is 36.5 Å². The summed E-state index contributed by atoms with van der Waals surface area (Å²) in [5.74, 6) is -3.05. The molecule has 4 aromatic carbocycles. The second kappa shape index (κ2) is 11.9. The number of para-hydroxylation sites is 1. The number of nitrogens with zero attached hydrogens (tertiary/aromatic N) is 2. The number of anilines is 2. The molecule has 0 aliphatic carbocycles. The number of likely N-dealkylation sites (tertiary alicyclic amines) is 1. The number of halogens is 5. The summed E-state index contributed by atoms with van der Waals surface area (Å²) >= 11 is 0. The summed E-state index contributed by atoms with van der Waals surface area (Å²) < 4.78 is 73.7. The number of fused-ring (bicyclic) bond motifs is 1. The van der Waals surface area contributed by atoms with Crippen molar-refractivity contribution in [3.8, 4) is 16.9 Å². The summed E-state index contributed by atoms with van der Waals surface area (Å²) in [6.07, 6.45) is 0.874. The molecule has 0 bridgehead atoms. The van der Waals surface area contributed by atoms with Crippen LogP contribution in [-0.2, 0) is 6.42 Å². The molecule has 4 nitrogen and oxygen atoms in total. The van der Waals surface area contributed by atoms with E-state index in [-0.39, 0.29) is 35.4 Å². The van der Waals surface area contributed by atoms with Crippen molar-refractivity contribution in [2.24, 2.45) is 0 Å². The zero-order chi connectivity index (χ0) is 30.2. The molecule has 1 fully saturated rings. The van der Waals surface area contributed by atoms with Gasteiger partial charge in [-0.05, 0) is 66.8 Å². The van der Waals surface area contributed by atoms with E-state index >= 15 is 13.2 Å². The quantitative estimate of drug-likeness (QED) is 0.206. The lowest BCUT2D eigenvalue weighted by molar-refractivity contribution is 0.155. The summed E-state index contributed by atoms with van der Waals surface area (Å²) in [7, 11) is 0. The van der Waals surface area contributed by atoms with Gasteiger partial charge in [-0.3, -0.25) is 9.29 Å². The third-order valence-corrected chi connectivity index (χ3v) is 8.40. The topological polar surface area (TPSA) is 38.7 Å². The number of hydrogen-bond donors (Lipinski definition) is 2. The fraction of sp³-hybridized carbons (Fsp3) is 0.294. The van der Waals surface area contributed by atoms with Gasteiger partial charge in [0.1, 0.15) is 29.0 Å². The minimum absolute atomic E-state index is 0.0164. The molecule has 0 aromatic heterocycles. The molecule has 1 saturated heterocycles. The maximum Gasteiger partial charge on any atom is 0.149 e. The lowest BCUT2D eigenvalue weighted by atomic mass is 9.82. The third kappa shape index (κ3) is 5.66. The minimum atomic E-state index is -1.05. The SMILES string of the molecule is C[C@@H]1Cc2cc(-c3ccccc3O)ccc2[C@@H](c2c(F)cc(NC3CN(CCCF)C3)cc2F)N1c1ccc(F)cc1F. The van der Waals surface area contributed by atoms with E-state index in [2.05, 4.69) is 10.2 Å². The Morgan fingerprint density at radius 1 is 0.884 bits per heavy atom. The van der Waals surface area contributed by atoms with E-state index < -0.39 is 35.4 Å². The molecule has 43 heavy (non-hydrogen) atoms. The molecule has 0 unspecified atom stereocenters. The molecule has 0 radical (unpaired) electrons. The smallest absolute Gasteiger partial charge is 0.149 e. The van der Waals surface area contributed by atoms with Gasteiger partial charge in [0.05, 0.1) is 30.0 Å². The minimum Gasteiger partial charge on any atom is -0.507 e. The highest BCUT2D eigenvalue weighted by atomic mass is 19.1. The largest absolute Gasteiger partial charge is 0.507 e. The molecule has 2 aliphatic heterocycles. The van der Waals surface area contributed by atoms with E-state index in [1.165, 1.54) is 18.2 Å². The molecule has 2 atom stereocenters. The number of hydrogen-bond acceptors (Lipinski definition) is 4. The number of phenolic OH excluding ortho intramolecular Hbond substituents is 1. The summed E-state index contributed by atoms with van der Waals surface area (Å²) in [6, 6.07) is 16.5. The zero-order valence-electron chi connectivity index (χ0n) is 23.6. The van der Waals surface area contributed by atoms with Crippen molar-refractivity contribution in [1.82, 2.24) is 4.90 Å². The van der Waals surface area contributed by atoms with Crippen molar-refractivity contribution in [1.29, 1.82) is 0 Å². The van der Waals surface area contributed by atoms with Crippen molar-refractivity contribution in [2.45, 2.75) is 37.9 Å². The Labute approximate surface area is 247 Å². The molecule has 2 N–H and O–H groups in total. The normalized spacial score (nSPS) is 18.8. The first-order valence-electron chi connectivity index (χ1n) is 14.4. The Bertz CT molecular complexity index is 1620. The van der Waals surface area contributed by atoms with Crippen LogP contribution in [0.2, 0.25) is 0 Å². The molecule has 0 spiro atoms. The molecule has 2 heterocycles. The van der Waals surface area contributed by atoms with E-state index in [1.807, 2.05) is 19.1 Å². The van der Waals surface area contributed by atoms with Crippen LogP contribution < -0.4 is 10.2 Å². The number of aromatic hydroxyl groups is 1. The van der Waals surface area contributed by atoms with Gasteiger partial charge in [-0.2, -0.15) is 0 Å². The van der Waals surface area contributed by atoms with Gasteiger partial charge in [0.25, 0.3) is 0 Å². The standard InChI is InChI=1S/C34H32F5N3O/c1-20-13-22-14-21(26-5-2-3-6-32(26)43)7-9-27(22)34(42(20)31-10-8-23(36)15-28(31)37)33-29(38)16-24(17-30(33)39)40-25-18-41(19-25)12-4-11-35/h2-3,5-10,14-17,20,25,34,40,43H,4,11-13,18-19H2,1H3/t20-,34+/m1/s1. The third-order valence-electron chi connectivity index (χ3n) is 8.40. The van der Waals surface area contributed by atoms with E-state index in [0.29, 0.717) is 43.6 Å². The van der Waals surface area contributed by atoms with Gasteiger partial charge in [-0.15, -0.1) is 0 Å². The van der Waals surface area contributed by atoms with Crippen LogP contribution in [0, 0.1) is 23.3 Å². The van der Waals surface area contributed by atoms with Gasteiger partial charge in [-0.25, -0.2) is 17.6 Å². The van der Waals surface area contributed by atoms with Crippen molar-refractivity contribution in [3.63, 3.8) is 0 Å². The van der Waals surface area contributed by atoms with Crippen LogP contribution in [0.5, 0.6) is 5.75 Å². The number of alkyl halides is 1. The first-order valence-corrected chi connectivity index (χ1v) is 14.4. The Hall–Kier alpha value is -4.11. The van der Waals surface area contributed by atoms with E-state index in [1.54, 1.807) is 35.2 Å². The van der Waals surface area contributed by atoms with E-state index in [4.69, 9.17) is 0 Å². The lowest BCUT2D eigenvalue weighted by Crippen LogP contribution is -2.54. The average Bonchev–Trinajstić information content (AvgIpc) is 2.94. The molecule has 9 heteroatoms. The van der Waals surface area contributed by atoms with Gasteiger partial charge in [0.15, 0.2) is 0 Å². The monoisotopic (exact) mass is 593 g/mol. The van der Waals surface area contributed by atoms with Crippen LogP contribution >= 0.6 is 0 Å².